The minimum Gasteiger partial charge on any atom is -0.486 e. The summed E-state index contributed by atoms with van der Waals surface area (Å²) in [5, 5.41) is 10.7. The maximum absolute atomic E-state index is 14.7. The van der Waals surface area contributed by atoms with Gasteiger partial charge in [0.25, 0.3) is 5.91 Å². The van der Waals surface area contributed by atoms with Gasteiger partial charge in [-0.25, -0.2) is 9.37 Å². The lowest BCUT2D eigenvalue weighted by Crippen LogP contribution is -2.37. The standard InChI is InChI=1S/C23H26FN5O4/c1-13(2)29-12-25-28-22(29)17-6-5-7-21(26-17)27-23(30)15-8-19-18(9-16(15)24)32-11-20(33-19)14(3)10-31-4/h5-9,12-14,20H,10-11H2,1-4H3,(H,26,27,30)/t14-,20?/m1/s1. The lowest BCUT2D eigenvalue weighted by atomic mass is 10.1. The van der Waals surface area contributed by atoms with Crippen LogP contribution in [-0.2, 0) is 4.74 Å². The predicted octanol–water partition coefficient (Wildman–Crippen LogP) is 3.73. The number of fused-ring (bicyclic) bond motifs is 1. The van der Waals surface area contributed by atoms with Crippen LogP contribution in [-0.4, -0.2) is 52.1 Å². The van der Waals surface area contributed by atoms with E-state index >= 15 is 0 Å². The Hall–Kier alpha value is -3.53. The van der Waals surface area contributed by atoms with Crippen molar-refractivity contribution in [1.82, 2.24) is 19.7 Å². The maximum Gasteiger partial charge on any atom is 0.259 e. The van der Waals surface area contributed by atoms with Gasteiger partial charge in [0.2, 0.25) is 0 Å². The predicted molar refractivity (Wildman–Crippen MR) is 119 cm³/mol. The van der Waals surface area contributed by atoms with E-state index in [9.17, 15) is 9.18 Å². The molecule has 0 aliphatic carbocycles. The van der Waals surface area contributed by atoms with Crippen LogP contribution in [0.25, 0.3) is 11.5 Å². The largest absolute Gasteiger partial charge is 0.486 e. The molecule has 2 atom stereocenters. The number of benzene rings is 1. The molecule has 0 spiro atoms. The van der Waals surface area contributed by atoms with Gasteiger partial charge in [-0.05, 0) is 32.0 Å². The van der Waals surface area contributed by atoms with Crippen molar-refractivity contribution in [3.63, 3.8) is 0 Å². The second-order valence-corrected chi connectivity index (χ2v) is 8.20. The Morgan fingerprint density at radius 2 is 2.12 bits per heavy atom. The monoisotopic (exact) mass is 455 g/mol. The number of methoxy groups -OCH3 is 1. The van der Waals surface area contributed by atoms with E-state index in [0.29, 0.717) is 23.9 Å². The Balaban J connectivity index is 1.55. The molecule has 1 N–H and O–H groups in total. The molecule has 4 rings (SSSR count). The first-order chi connectivity index (χ1) is 15.9. The molecule has 0 fully saturated rings. The zero-order valence-electron chi connectivity index (χ0n) is 18.9. The Kier molecular flexibility index (Phi) is 6.55. The fourth-order valence-corrected chi connectivity index (χ4v) is 3.55. The molecule has 0 saturated carbocycles. The highest BCUT2D eigenvalue weighted by Gasteiger charge is 2.28. The van der Waals surface area contributed by atoms with Gasteiger partial charge in [-0.2, -0.15) is 0 Å². The van der Waals surface area contributed by atoms with Crippen LogP contribution in [0.15, 0.2) is 36.7 Å². The van der Waals surface area contributed by atoms with Gasteiger partial charge in [0, 0.05) is 25.1 Å². The van der Waals surface area contributed by atoms with Crippen LogP contribution in [0.4, 0.5) is 10.2 Å². The molecule has 9 nitrogen and oxygen atoms in total. The number of pyridine rings is 1. The van der Waals surface area contributed by atoms with Crippen molar-refractivity contribution in [2.75, 3.05) is 25.6 Å². The highest BCUT2D eigenvalue weighted by Crippen LogP contribution is 2.36. The van der Waals surface area contributed by atoms with Crippen molar-refractivity contribution in [1.29, 1.82) is 0 Å². The zero-order chi connectivity index (χ0) is 23.5. The Morgan fingerprint density at radius 3 is 2.88 bits per heavy atom. The second-order valence-electron chi connectivity index (χ2n) is 8.20. The Bertz CT molecular complexity index is 1150. The van der Waals surface area contributed by atoms with E-state index in [-0.39, 0.29) is 41.8 Å². The van der Waals surface area contributed by atoms with E-state index in [1.807, 2.05) is 25.3 Å². The van der Waals surface area contributed by atoms with Crippen LogP contribution in [0.1, 0.15) is 37.2 Å². The van der Waals surface area contributed by atoms with E-state index < -0.39 is 11.7 Å². The fraction of sp³-hybridized carbons (Fsp3) is 0.391. The van der Waals surface area contributed by atoms with Gasteiger partial charge in [-0.15, -0.1) is 10.2 Å². The third kappa shape index (κ3) is 4.80. The number of halogens is 1. The van der Waals surface area contributed by atoms with Crippen molar-refractivity contribution in [2.24, 2.45) is 5.92 Å². The smallest absolute Gasteiger partial charge is 0.259 e. The minimum absolute atomic E-state index is 0.0605. The highest BCUT2D eigenvalue weighted by molar-refractivity contribution is 6.04. The van der Waals surface area contributed by atoms with Crippen LogP contribution in [0, 0.1) is 11.7 Å². The summed E-state index contributed by atoms with van der Waals surface area (Å²) in [5.74, 6) is 0.102. The number of hydrogen-bond acceptors (Lipinski definition) is 7. The van der Waals surface area contributed by atoms with E-state index in [2.05, 4.69) is 20.5 Å². The zero-order valence-corrected chi connectivity index (χ0v) is 18.9. The number of amides is 1. The SMILES string of the molecule is COC[C@@H](C)C1COc2cc(F)c(C(=O)Nc3cccc(-c4nncn4C(C)C)n3)cc2O1. The summed E-state index contributed by atoms with van der Waals surface area (Å²) in [6.45, 7) is 6.75. The van der Waals surface area contributed by atoms with Crippen molar-refractivity contribution >= 4 is 11.7 Å². The van der Waals surface area contributed by atoms with E-state index in [1.54, 1.807) is 31.6 Å². The second kappa shape index (κ2) is 9.53. The Labute approximate surface area is 190 Å². The molecular formula is C23H26FN5O4. The average Bonchev–Trinajstić information content (AvgIpc) is 3.29. The van der Waals surface area contributed by atoms with Crippen LogP contribution < -0.4 is 14.8 Å². The summed E-state index contributed by atoms with van der Waals surface area (Å²) in [4.78, 5) is 17.3. The molecule has 10 heteroatoms. The summed E-state index contributed by atoms with van der Waals surface area (Å²) in [6, 6.07) is 7.78. The molecule has 1 amide bonds. The molecule has 0 radical (unpaired) electrons. The summed E-state index contributed by atoms with van der Waals surface area (Å²) in [6.07, 6.45) is 1.36. The molecule has 33 heavy (non-hydrogen) atoms. The minimum atomic E-state index is -0.714. The van der Waals surface area contributed by atoms with Crippen LogP contribution in [0.3, 0.4) is 0 Å². The molecule has 1 unspecified atom stereocenters. The molecule has 0 bridgehead atoms. The summed E-state index contributed by atoms with van der Waals surface area (Å²) in [5.41, 5.74) is 0.367. The third-order valence-corrected chi connectivity index (χ3v) is 5.37. The number of carbonyl (C=O) groups excluding carboxylic acids is 1. The van der Waals surface area contributed by atoms with Crippen molar-refractivity contribution in [3.8, 4) is 23.0 Å². The molecule has 1 aliphatic rings. The summed E-state index contributed by atoms with van der Waals surface area (Å²) >= 11 is 0. The number of anilines is 1. The molecule has 0 saturated heterocycles. The van der Waals surface area contributed by atoms with Gasteiger partial charge in [0.15, 0.2) is 17.3 Å². The van der Waals surface area contributed by atoms with Gasteiger partial charge < -0.3 is 24.1 Å². The van der Waals surface area contributed by atoms with Crippen molar-refractivity contribution < 1.29 is 23.4 Å². The van der Waals surface area contributed by atoms with Gasteiger partial charge in [-0.1, -0.05) is 13.0 Å². The topological polar surface area (TPSA) is 100 Å². The number of rotatable bonds is 7. The first-order valence-corrected chi connectivity index (χ1v) is 10.7. The number of nitrogens with zero attached hydrogens (tertiary/aromatic N) is 4. The maximum atomic E-state index is 14.7. The molecule has 3 heterocycles. The van der Waals surface area contributed by atoms with Gasteiger partial charge >= 0.3 is 0 Å². The van der Waals surface area contributed by atoms with Gasteiger partial charge in [-0.3, -0.25) is 4.79 Å². The third-order valence-electron chi connectivity index (χ3n) is 5.37. The molecule has 2 aromatic heterocycles. The van der Waals surface area contributed by atoms with Crippen molar-refractivity contribution in [3.05, 3.63) is 48.0 Å². The van der Waals surface area contributed by atoms with E-state index in [1.165, 1.54) is 6.07 Å². The van der Waals surface area contributed by atoms with E-state index in [4.69, 9.17) is 14.2 Å². The first-order valence-electron chi connectivity index (χ1n) is 10.7. The highest BCUT2D eigenvalue weighted by atomic mass is 19.1. The van der Waals surface area contributed by atoms with Crippen LogP contribution >= 0.6 is 0 Å². The van der Waals surface area contributed by atoms with Crippen LogP contribution in [0.5, 0.6) is 11.5 Å². The lowest BCUT2D eigenvalue weighted by molar-refractivity contribution is 0.0209. The van der Waals surface area contributed by atoms with Crippen molar-refractivity contribution in [2.45, 2.75) is 32.9 Å². The molecule has 1 aliphatic heterocycles. The summed E-state index contributed by atoms with van der Waals surface area (Å²) in [7, 11) is 1.61. The van der Waals surface area contributed by atoms with E-state index in [0.717, 1.165) is 6.07 Å². The van der Waals surface area contributed by atoms with Gasteiger partial charge in [0.05, 0.1) is 12.2 Å². The normalized spacial score (nSPS) is 16.0. The van der Waals surface area contributed by atoms with Gasteiger partial charge in [0.1, 0.15) is 36.4 Å². The quantitative estimate of drug-likeness (QED) is 0.579. The molecule has 174 valence electrons. The number of ether oxygens (including phenoxy) is 3. The lowest BCUT2D eigenvalue weighted by Gasteiger charge is -2.30. The first kappa shape index (κ1) is 22.7. The number of aromatic nitrogens is 4. The number of carbonyl (C=O) groups is 1. The molecule has 1 aromatic carbocycles. The number of nitrogens with one attached hydrogen (secondary N) is 1. The molecule has 3 aromatic rings. The Morgan fingerprint density at radius 1 is 1.30 bits per heavy atom. The van der Waals surface area contributed by atoms with Crippen LogP contribution in [0.2, 0.25) is 0 Å². The number of hydrogen-bond donors (Lipinski definition) is 1. The molecular weight excluding hydrogens is 429 g/mol. The summed E-state index contributed by atoms with van der Waals surface area (Å²) < 4.78 is 33.3. The average molecular weight is 455 g/mol. The fourth-order valence-electron chi connectivity index (χ4n) is 3.55.